The van der Waals surface area contributed by atoms with Gasteiger partial charge in [0.25, 0.3) is 0 Å². The summed E-state index contributed by atoms with van der Waals surface area (Å²) < 4.78 is 2.28. The van der Waals surface area contributed by atoms with E-state index in [2.05, 4.69) is 119 Å². The summed E-state index contributed by atoms with van der Waals surface area (Å²) in [6.07, 6.45) is -0.367. The Bertz CT molecular complexity index is 2420. The molecule has 8 aromatic rings. The maximum atomic E-state index is 5.24. The van der Waals surface area contributed by atoms with Crippen molar-refractivity contribution in [2.75, 3.05) is 0 Å². The molecule has 1 aromatic heterocycles. The van der Waals surface area contributed by atoms with E-state index < -0.39 is 0 Å². The number of benzene rings is 7. The first-order valence-electron chi connectivity index (χ1n) is 14.6. The van der Waals surface area contributed by atoms with Gasteiger partial charge in [0.15, 0.2) is 6.17 Å². The van der Waals surface area contributed by atoms with Crippen molar-refractivity contribution in [3.05, 3.63) is 157 Å². The number of nitrogens with zero attached hydrogens (tertiary/aromatic N) is 3. The molecule has 0 bridgehead atoms. The van der Waals surface area contributed by atoms with E-state index in [9.17, 15) is 0 Å². The molecule has 1 aliphatic rings. The fraction of sp³-hybridized carbons (Fsp3) is 0.0256. The maximum absolute atomic E-state index is 5.24. The van der Waals surface area contributed by atoms with Gasteiger partial charge in [0.2, 0.25) is 5.96 Å². The third kappa shape index (κ3) is 3.70. The van der Waals surface area contributed by atoms with Crippen LogP contribution in [0.15, 0.2) is 156 Å². The van der Waals surface area contributed by atoms with Crippen LogP contribution in [0.25, 0.3) is 54.1 Å². The molecule has 1 N–H and O–H groups in total. The lowest BCUT2D eigenvalue weighted by Crippen LogP contribution is -2.39. The summed E-state index contributed by atoms with van der Waals surface area (Å²) in [4.78, 5) is 10.3. The zero-order valence-corrected chi connectivity index (χ0v) is 23.3. The number of fused-ring (bicyclic) bond motifs is 9. The summed E-state index contributed by atoms with van der Waals surface area (Å²) >= 11 is 0. The summed E-state index contributed by atoms with van der Waals surface area (Å²) in [5, 5.41) is 13.6. The first-order chi connectivity index (χ1) is 21.3. The summed E-state index contributed by atoms with van der Waals surface area (Å²) in [5.74, 6) is 1.57. The normalized spacial score (nSPS) is 15.2. The van der Waals surface area contributed by atoms with Crippen molar-refractivity contribution in [1.29, 1.82) is 0 Å². The van der Waals surface area contributed by atoms with Gasteiger partial charge in [-0.25, -0.2) is 9.98 Å². The fourth-order valence-electron chi connectivity index (χ4n) is 6.66. The maximum Gasteiger partial charge on any atom is 0.211 e. The Kier molecular flexibility index (Phi) is 5.23. The number of aliphatic imine (C=N–C) groups is 2. The second-order valence-electron chi connectivity index (χ2n) is 11.1. The smallest absolute Gasteiger partial charge is 0.211 e. The molecule has 1 aliphatic heterocycles. The Labute approximate surface area is 248 Å². The number of hydrogen-bond acceptors (Lipinski definition) is 3. The van der Waals surface area contributed by atoms with Crippen LogP contribution < -0.4 is 5.32 Å². The quantitative estimate of drug-likeness (QED) is 0.214. The monoisotopic (exact) mass is 550 g/mol. The summed E-state index contributed by atoms with van der Waals surface area (Å²) in [5.41, 5.74) is 4.30. The molecule has 0 aliphatic carbocycles. The van der Waals surface area contributed by atoms with E-state index in [1.54, 1.807) is 0 Å². The van der Waals surface area contributed by atoms with Crippen LogP contribution in [-0.2, 0) is 0 Å². The second-order valence-corrected chi connectivity index (χ2v) is 11.1. The van der Waals surface area contributed by atoms with Gasteiger partial charge < -0.3 is 5.32 Å². The van der Waals surface area contributed by atoms with Crippen molar-refractivity contribution >= 4 is 65.9 Å². The van der Waals surface area contributed by atoms with Gasteiger partial charge in [-0.3, -0.25) is 4.57 Å². The van der Waals surface area contributed by atoms with Crippen molar-refractivity contribution < 1.29 is 0 Å². The molecule has 43 heavy (non-hydrogen) atoms. The van der Waals surface area contributed by atoms with Gasteiger partial charge in [-0.05, 0) is 56.1 Å². The van der Waals surface area contributed by atoms with Gasteiger partial charge in [0.1, 0.15) is 5.84 Å². The predicted octanol–water partition coefficient (Wildman–Crippen LogP) is 9.21. The fourth-order valence-corrected chi connectivity index (χ4v) is 6.66. The number of hydrogen-bond donors (Lipinski definition) is 1. The highest BCUT2D eigenvalue weighted by molar-refractivity contribution is 6.29. The standard InChI is InChI=1S/C39H26N4/c1-3-13-25(14-4-1)37-40-38(26-15-5-2-6-16-26)42-39(41-37)43-35-22-12-11-21-31(35)34-23-32-29-19-9-7-17-27(29)28-18-8-10-20-30(28)33(32)24-36(34)43/h1-24,37H,(H,40,41,42). The van der Waals surface area contributed by atoms with Crippen LogP contribution in [0.3, 0.4) is 0 Å². The van der Waals surface area contributed by atoms with Gasteiger partial charge >= 0.3 is 0 Å². The zero-order chi connectivity index (χ0) is 28.3. The van der Waals surface area contributed by atoms with E-state index in [4.69, 9.17) is 9.98 Å². The molecular weight excluding hydrogens is 524 g/mol. The van der Waals surface area contributed by atoms with Crippen LogP contribution in [0, 0.1) is 0 Å². The molecule has 0 spiro atoms. The van der Waals surface area contributed by atoms with Crippen molar-refractivity contribution in [3.8, 4) is 0 Å². The Morgan fingerprint density at radius 2 is 0.977 bits per heavy atom. The van der Waals surface area contributed by atoms with E-state index in [1.807, 2.05) is 36.4 Å². The predicted molar refractivity (Wildman–Crippen MR) is 180 cm³/mol. The summed E-state index contributed by atoms with van der Waals surface area (Å²) in [6.45, 7) is 0. The Morgan fingerprint density at radius 1 is 0.442 bits per heavy atom. The summed E-state index contributed by atoms with van der Waals surface area (Å²) in [7, 11) is 0. The lowest BCUT2D eigenvalue weighted by atomic mass is 9.93. The molecule has 202 valence electrons. The number of aromatic nitrogens is 1. The molecular formula is C39H26N4. The first kappa shape index (κ1) is 23.9. The first-order valence-corrected chi connectivity index (χ1v) is 14.6. The largest absolute Gasteiger partial charge is 0.310 e. The third-order valence-corrected chi connectivity index (χ3v) is 8.62. The molecule has 0 radical (unpaired) electrons. The number of nitrogens with one attached hydrogen (secondary N) is 1. The molecule has 4 heteroatoms. The Morgan fingerprint density at radius 3 is 1.65 bits per heavy atom. The van der Waals surface area contributed by atoms with Crippen molar-refractivity contribution in [2.45, 2.75) is 6.17 Å². The van der Waals surface area contributed by atoms with E-state index in [0.717, 1.165) is 34.0 Å². The number of amidine groups is 1. The molecule has 0 fully saturated rings. The molecule has 9 rings (SSSR count). The van der Waals surface area contributed by atoms with Gasteiger partial charge in [0.05, 0.1) is 11.0 Å². The van der Waals surface area contributed by atoms with Crippen LogP contribution in [0.5, 0.6) is 0 Å². The van der Waals surface area contributed by atoms with Crippen LogP contribution in [0.4, 0.5) is 0 Å². The number of para-hydroxylation sites is 1. The minimum Gasteiger partial charge on any atom is -0.310 e. The SMILES string of the molecule is c1ccc(C2=NC(c3ccccc3)N=C(n3c4ccccc4c4cc5c6ccccc6c6ccccc6c5cc43)N2)cc1. The minimum atomic E-state index is -0.367. The third-order valence-electron chi connectivity index (χ3n) is 8.62. The van der Waals surface area contributed by atoms with Crippen LogP contribution >= 0.6 is 0 Å². The minimum absolute atomic E-state index is 0.367. The Balaban J connectivity index is 1.37. The van der Waals surface area contributed by atoms with Gasteiger partial charge in [-0.15, -0.1) is 0 Å². The van der Waals surface area contributed by atoms with Crippen molar-refractivity contribution in [2.24, 2.45) is 9.98 Å². The van der Waals surface area contributed by atoms with Crippen LogP contribution in [0.2, 0.25) is 0 Å². The molecule has 4 nitrogen and oxygen atoms in total. The van der Waals surface area contributed by atoms with Gasteiger partial charge in [0, 0.05) is 16.3 Å². The van der Waals surface area contributed by atoms with Crippen molar-refractivity contribution in [1.82, 2.24) is 9.88 Å². The van der Waals surface area contributed by atoms with Gasteiger partial charge in [-0.2, -0.15) is 0 Å². The second kappa shape index (κ2) is 9.40. The van der Waals surface area contributed by atoms with E-state index in [1.165, 1.54) is 43.1 Å². The molecule has 7 aromatic carbocycles. The van der Waals surface area contributed by atoms with E-state index >= 15 is 0 Å². The van der Waals surface area contributed by atoms with Crippen LogP contribution in [0.1, 0.15) is 17.3 Å². The number of rotatable bonds is 2. The highest BCUT2D eigenvalue weighted by atomic mass is 15.3. The highest BCUT2D eigenvalue weighted by Gasteiger charge is 2.24. The van der Waals surface area contributed by atoms with Crippen molar-refractivity contribution in [3.63, 3.8) is 0 Å². The lowest BCUT2D eigenvalue weighted by molar-refractivity contribution is 0.745. The lowest BCUT2D eigenvalue weighted by Gasteiger charge is -2.23. The van der Waals surface area contributed by atoms with Crippen LogP contribution in [-0.4, -0.2) is 16.4 Å². The molecule has 2 heterocycles. The van der Waals surface area contributed by atoms with E-state index in [0.29, 0.717) is 0 Å². The zero-order valence-electron chi connectivity index (χ0n) is 23.3. The summed E-state index contributed by atoms with van der Waals surface area (Å²) in [6, 6.07) is 51.5. The molecule has 0 amide bonds. The molecule has 1 atom stereocenters. The van der Waals surface area contributed by atoms with Gasteiger partial charge in [-0.1, -0.05) is 127 Å². The molecule has 0 saturated heterocycles. The highest BCUT2D eigenvalue weighted by Crippen LogP contribution is 2.40. The average molecular weight is 551 g/mol. The Hall–Kier alpha value is -5.74. The topological polar surface area (TPSA) is 41.7 Å². The molecule has 1 unspecified atom stereocenters. The molecule has 0 saturated carbocycles. The average Bonchev–Trinajstić information content (AvgIpc) is 3.41. The van der Waals surface area contributed by atoms with E-state index in [-0.39, 0.29) is 6.17 Å².